The van der Waals surface area contributed by atoms with Gasteiger partial charge < -0.3 is 9.30 Å². The fraction of sp³-hybridized carbons (Fsp3) is 0.294. The van der Waals surface area contributed by atoms with Gasteiger partial charge in [0.05, 0.1) is 11.6 Å². The minimum Gasteiger partial charge on any atom is -0.482 e. The molecule has 6 nitrogen and oxygen atoms in total. The normalized spacial score (nSPS) is 13.5. The Kier molecular flexibility index (Phi) is 5.45. The lowest BCUT2D eigenvalue weighted by Gasteiger charge is -2.19. The molecular weight excluding hydrogens is 351 g/mol. The van der Waals surface area contributed by atoms with Gasteiger partial charge in [-0.05, 0) is 19.1 Å². The molecule has 1 aromatic heterocycles. The van der Waals surface area contributed by atoms with Crippen LogP contribution in [0.3, 0.4) is 0 Å². The lowest BCUT2D eigenvalue weighted by Crippen LogP contribution is -2.35. The molecule has 0 aliphatic rings. The Bertz CT molecular complexity index is 868. The number of benzene rings is 1. The molecule has 0 aliphatic carbocycles. The Balaban J connectivity index is 2.23. The van der Waals surface area contributed by atoms with E-state index in [0.29, 0.717) is 0 Å². The summed E-state index contributed by atoms with van der Waals surface area (Å²) in [5.41, 5.74) is -1.05. The van der Waals surface area contributed by atoms with Crippen LogP contribution in [0.2, 0.25) is 0 Å². The standard InChI is InChI=1S/C17H14F3N3O3/c1-10(26-13-6-4-3-5-12(13)17(18,19)20)14(24)11(9-21)15(25)16-22-7-8-23(16)2/h3-8,10-11H,1-2H3/t10-,11+/m1/s1. The second-order valence-corrected chi connectivity index (χ2v) is 5.44. The second kappa shape index (κ2) is 7.39. The van der Waals surface area contributed by atoms with Crippen LogP contribution >= 0.6 is 0 Å². The summed E-state index contributed by atoms with van der Waals surface area (Å²) in [6, 6.07) is 5.96. The van der Waals surface area contributed by atoms with Crippen molar-refractivity contribution in [2.75, 3.05) is 0 Å². The van der Waals surface area contributed by atoms with Crippen molar-refractivity contribution in [1.29, 1.82) is 5.26 Å². The summed E-state index contributed by atoms with van der Waals surface area (Å²) >= 11 is 0. The first-order valence-corrected chi connectivity index (χ1v) is 7.44. The van der Waals surface area contributed by atoms with Gasteiger partial charge in [0.15, 0.2) is 23.6 Å². The highest BCUT2D eigenvalue weighted by Gasteiger charge is 2.37. The summed E-state index contributed by atoms with van der Waals surface area (Å²) in [4.78, 5) is 28.5. The fourth-order valence-electron chi connectivity index (χ4n) is 2.27. The van der Waals surface area contributed by atoms with Crippen molar-refractivity contribution >= 4 is 11.6 Å². The quantitative estimate of drug-likeness (QED) is 0.580. The number of nitriles is 1. The Morgan fingerprint density at radius 1 is 1.31 bits per heavy atom. The van der Waals surface area contributed by atoms with Gasteiger partial charge in [-0.3, -0.25) is 9.59 Å². The van der Waals surface area contributed by atoms with E-state index < -0.39 is 41.1 Å². The third kappa shape index (κ3) is 3.91. The zero-order valence-corrected chi connectivity index (χ0v) is 13.8. The third-order valence-corrected chi connectivity index (χ3v) is 3.61. The Morgan fingerprint density at radius 3 is 2.50 bits per heavy atom. The van der Waals surface area contributed by atoms with Gasteiger partial charge in [-0.15, -0.1) is 0 Å². The highest BCUT2D eigenvalue weighted by atomic mass is 19.4. The molecule has 26 heavy (non-hydrogen) atoms. The Morgan fingerprint density at radius 2 is 1.96 bits per heavy atom. The summed E-state index contributed by atoms with van der Waals surface area (Å²) in [6.07, 6.45) is -3.32. The maximum atomic E-state index is 13.0. The molecule has 1 heterocycles. The average Bonchev–Trinajstić information content (AvgIpc) is 3.00. The maximum absolute atomic E-state index is 13.0. The minimum absolute atomic E-state index is 0.104. The lowest BCUT2D eigenvalue weighted by atomic mass is 9.96. The SMILES string of the molecule is C[C@@H](Oc1ccccc1C(F)(F)F)C(=O)[C@H](C#N)C(=O)c1nccn1C. The molecule has 2 aromatic rings. The number of carbonyl (C=O) groups is 2. The smallest absolute Gasteiger partial charge is 0.419 e. The molecule has 0 saturated carbocycles. The number of hydrogen-bond acceptors (Lipinski definition) is 5. The van der Waals surface area contributed by atoms with E-state index in [0.717, 1.165) is 12.1 Å². The van der Waals surface area contributed by atoms with E-state index in [1.807, 2.05) is 0 Å². The predicted molar refractivity (Wildman–Crippen MR) is 83.2 cm³/mol. The first-order chi connectivity index (χ1) is 12.2. The van der Waals surface area contributed by atoms with Gasteiger partial charge in [0.1, 0.15) is 5.75 Å². The first kappa shape index (κ1) is 19.2. The molecule has 136 valence electrons. The van der Waals surface area contributed by atoms with Gasteiger partial charge in [-0.2, -0.15) is 18.4 Å². The molecule has 0 aliphatic heterocycles. The van der Waals surface area contributed by atoms with E-state index >= 15 is 0 Å². The number of alkyl halides is 3. The lowest BCUT2D eigenvalue weighted by molar-refractivity contribution is -0.140. The highest BCUT2D eigenvalue weighted by Crippen LogP contribution is 2.36. The number of nitrogens with zero attached hydrogens (tertiary/aromatic N) is 3. The zero-order chi connectivity index (χ0) is 19.5. The number of aryl methyl sites for hydroxylation is 1. The molecule has 2 rings (SSSR count). The van der Waals surface area contributed by atoms with Crippen LogP contribution in [0.5, 0.6) is 5.75 Å². The fourth-order valence-corrected chi connectivity index (χ4v) is 2.27. The molecule has 0 N–H and O–H groups in total. The number of ketones is 2. The molecule has 2 atom stereocenters. The summed E-state index contributed by atoms with van der Waals surface area (Å²) in [7, 11) is 1.51. The average molecular weight is 365 g/mol. The zero-order valence-electron chi connectivity index (χ0n) is 13.8. The van der Waals surface area contributed by atoms with Crippen LogP contribution in [-0.4, -0.2) is 27.2 Å². The van der Waals surface area contributed by atoms with Gasteiger partial charge in [0.25, 0.3) is 0 Å². The first-order valence-electron chi connectivity index (χ1n) is 7.44. The van der Waals surface area contributed by atoms with Crippen LogP contribution in [0.25, 0.3) is 0 Å². The van der Waals surface area contributed by atoms with Crippen molar-refractivity contribution in [3.05, 3.63) is 48.0 Å². The molecule has 0 fully saturated rings. The van der Waals surface area contributed by atoms with Crippen LogP contribution in [0.4, 0.5) is 13.2 Å². The van der Waals surface area contributed by atoms with Crippen molar-refractivity contribution < 1.29 is 27.5 Å². The number of aromatic nitrogens is 2. The van der Waals surface area contributed by atoms with Gasteiger partial charge >= 0.3 is 6.18 Å². The van der Waals surface area contributed by atoms with Crippen LogP contribution < -0.4 is 4.74 Å². The minimum atomic E-state index is -4.67. The number of carbonyl (C=O) groups excluding carboxylic acids is 2. The van der Waals surface area contributed by atoms with E-state index in [9.17, 15) is 28.0 Å². The summed E-state index contributed by atoms with van der Waals surface area (Å²) in [5, 5.41) is 9.19. The molecule has 0 bridgehead atoms. The Hall–Kier alpha value is -3.15. The number of para-hydroxylation sites is 1. The summed E-state index contributed by atoms with van der Waals surface area (Å²) in [6.45, 7) is 1.19. The van der Waals surface area contributed by atoms with Crippen molar-refractivity contribution in [3.63, 3.8) is 0 Å². The van der Waals surface area contributed by atoms with E-state index in [4.69, 9.17) is 4.74 Å². The summed E-state index contributed by atoms with van der Waals surface area (Å²) in [5.74, 6) is -4.18. The monoisotopic (exact) mass is 365 g/mol. The highest BCUT2D eigenvalue weighted by molar-refractivity contribution is 6.12. The number of halogens is 3. The number of imidazole rings is 1. The third-order valence-electron chi connectivity index (χ3n) is 3.61. The topological polar surface area (TPSA) is 85.0 Å². The number of ether oxygens (including phenoxy) is 1. The second-order valence-electron chi connectivity index (χ2n) is 5.44. The molecule has 0 spiro atoms. The van der Waals surface area contributed by atoms with Crippen molar-refractivity contribution in [3.8, 4) is 11.8 Å². The molecule has 9 heteroatoms. The molecule has 0 amide bonds. The number of hydrogen-bond donors (Lipinski definition) is 0. The van der Waals surface area contributed by atoms with Crippen molar-refractivity contribution in [2.24, 2.45) is 13.0 Å². The Labute approximate surface area is 146 Å². The van der Waals surface area contributed by atoms with Crippen molar-refractivity contribution in [1.82, 2.24) is 9.55 Å². The largest absolute Gasteiger partial charge is 0.482 e. The van der Waals surface area contributed by atoms with E-state index in [-0.39, 0.29) is 5.82 Å². The van der Waals surface area contributed by atoms with Crippen LogP contribution in [0.1, 0.15) is 23.1 Å². The van der Waals surface area contributed by atoms with Crippen LogP contribution in [0.15, 0.2) is 36.7 Å². The van der Waals surface area contributed by atoms with Gasteiger partial charge in [0.2, 0.25) is 5.78 Å². The van der Waals surface area contributed by atoms with Crippen LogP contribution in [-0.2, 0) is 18.0 Å². The van der Waals surface area contributed by atoms with Gasteiger partial charge in [-0.1, -0.05) is 12.1 Å². The molecular formula is C17H14F3N3O3. The van der Waals surface area contributed by atoms with Crippen molar-refractivity contribution in [2.45, 2.75) is 19.2 Å². The summed E-state index contributed by atoms with van der Waals surface area (Å²) < 4.78 is 45.5. The predicted octanol–water partition coefficient (Wildman–Crippen LogP) is 2.80. The van der Waals surface area contributed by atoms with Gasteiger partial charge in [-0.25, -0.2) is 4.98 Å². The van der Waals surface area contributed by atoms with E-state index in [1.54, 1.807) is 6.07 Å². The number of rotatable bonds is 6. The maximum Gasteiger partial charge on any atom is 0.419 e. The molecule has 0 radical (unpaired) electrons. The van der Waals surface area contributed by atoms with E-state index in [2.05, 4.69) is 4.98 Å². The molecule has 1 aromatic carbocycles. The van der Waals surface area contributed by atoms with E-state index in [1.165, 1.54) is 43.1 Å². The van der Waals surface area contributed by atoms with Crippen LogP contribution in [0, 0.1) is 17.2 Å². The molecule has 0 unspecified atom stereocenters. The van der Waals surface area contributed by atoms with Gasteiger partial charge in [0, 0.05) is 19.4 Å². The molecule has 0 saturated heterocycles. The number of Topliss-reactive ketones (excluding diaryl/α,β-unsaturated/α-hetero) is 2.